The summed E-state index contributed by atoms with van der Waals surface area (Å²) in [4.78, 5) is 18.5. The Bertz CT molecular complexity index is 429. The van der Waals surface area contributed by atoms with E-state index in [0.29, 0.717) is 12.6 Å². The Labute approximate surface area is 115 Å². The van der Waals surface area contributed by atoms with Crippen LogP contribution in [-0.4, -0.2) is 39.0 Å². The van der Waals surface area contributed by atoms with Gasteiger partial charge in [-0.2, -0.15) is 0 Å². The maximum Gasteiger partial charge on any atom is 0.239 e. The van der Waals surface area contributed by atoms with Crippen LogP contribution < -0.4 is 5.32 Å². The summed E-state index contributed by atoms with van der Waals surface area (Å²) in [5, 5.41) is 3.29. The summed E-state index contributed by atoms with van der Waals surface area (Å²) in [6, 6.07) is 0.234. The number of carbonyl (C=O) groups is 1. The zero-order chi connectivity index (χ0) is 13.8. The standard InChI is InChI=1S/C14H24N4O/c1-11-6-4-5-7-18(11)14(19)12(2)16-9-13-8-15-10-17(13)3/h8,10-12,16H,4-7,9H2,1-3H3/t11-,12-/m1/s1. The molecule has 19 heavy (non-hydrogen) atoms. The van der Waals surface area contributed by atoms with Gasteiger partial charge in [-0.15, -0.1) is 0 Å². The van der Waals surface area contributed by atoms with E-state index >= 15 is 0 Å². The summed E-state index contributed by atoms with van der Waals surface area (Å²) in [6.45, 7) is 5.66. The van der Waals surface area contributed by atoms with Gasteiger partial charge >= 0.3 is 0 Å². The number of likely N-dealkylation sites (tertiary alicyclic amines) is 1. The Morgan fingerprint density at radius 2 is 2.37 bits per heavy atom. The van der Waals surface area contributed by atoms with E-state index < -0.39 is 0 Å². The highest BCUT2D eigenvalue weighted by atomic mass is 16.2. The molecule has 0 bridgehead atoms. The maximum atomic E-state index is 12.4. The molecule has 0 spiro atoms. The molecule has 1 aromatic rings. The van der Waals surface area contributed by atoms with Crippen molar-refractivity contribution in [2.75, 3.05) is 6.54 Å². The largest absolute Gasteiger partial charge is 0.339 e. The summed E-state index contributed by atoms with van der Waals surface area (Å²) < 4.78 is 1.97. The average Bonchev–Trinajstić information content (AvgIpc) is 2.81. The molecular weight excluding hydrogens is 240 g/mol. The summed E-state index contributed by atoms with van der Waals surface area (Å²) >= 11 is 0. The number of nitrogens with zero attached hydrogens (tertiary/aromatic N) is 3. The molecule has 5 nitrogen and oxygen atoms in total. The zero-order valence-electron chi connectivity index (χ0n) is 12.1. The van der Waals surface area contributed by atoms with Crippen LogP contribution in [0.15, 0.2) is 12.5 Å². The lowest BCUT2D eigenvalue weighted by Gasteiger charge is -2.35. The third-order valence-electron chi connectivity index (χ3n) is 3.96. The molecule has 2 rings (SSSR count). The first-order valence-electron chi connectivity index (χ1n) is 7.08. The monoisotopic (exact) mass is 264 g/mol. The van der Waals surface area contributed by atoms with Crippen LogP contribution in [0.2, 0.25) is 0 Å². The van der Waals surface area contributed by atoms with Gasteiger partial charge in [0.15, 0.2) is 0 Å². The molecule has 0 saturated carbocycles. The Kier molecular flexibility index (Phi) is 4.58. The van der Waals surface area contributed by atoms with Crippen molar-refractivity contribution >= 4 is 5.91 Å². The zero-order valence-corrected chi connectivity index (χ0v) is 12.1. The van der Waals surface area contributed by atoms with Crippen LogP contribution in [0, 0.1) is 0 Å². The van der Waals surface area contributed by atoms with Crippen LogP contribution in [0.25, 0.3) is 0 Å². The summed E-state index contributed by atoms with van der Waals surface area (Å²) in [6.07, 6.45) is 7.09. The van der Waals surface area contributed by atoms with Crippen molar-refractivity contribution in [2.45, 2.75) is 51.7 Å². The average molecular weight is 264 g/mol. The molecule has 0 unspecified atom stereocenters. The number of carbonyl (C=O) groups excluding carboxylic acids is 1. The Balaban J connectivity index is 1.87. The third-order valence-corrected chi connectivity index (χ3v) is 3.96. The lowest BCUT2D eigenvalue weighted by molar-refractivity contribution is -0.136. The van der Waals surface area contributed by atoms with Crippen molar-refractivity contribution in [3.05, 3.63) is 18.2 Å². The van der Waals surface area contributed by atoms with Crippen molar-refractivity contribution in [3.8, 4) is 0 Å². The minimum atomic E-state index is -0.143. The minimum Gasteiger partial charge on any atom is -0.339 e. The quantitative estimate of drug-likeness (QED) is 0.892. The van der Waals surface area contributed by atoms with Gasteiger partial charge in [0.2, 0.25) is 5.91 Å². The molecule has 1 amide bonds. The van der Waals surface area contributed by atoms with Gasteiger partial charge in [-0.05, 0) is 33.1 Å². The molecule has 1 N–H and O–H groups in total. The van der Waals surface area contributed by atoms with E-state index in [1.807, 2.05) is 29.6 Å². The van der Waals surface area contributed by atoms with E-state index in [1.165, 1.54) is 6.42 Å². The Morgan fingerprint density at radius 3 is 3.00 bits per heavy atom. The molecule has 5 heteroatoms. The number of hydrogen-bond acceptors (Lipinski definition) is 3. The van der Waals surface area contributed by atoms with Gasteiger partial charge in [-0.25, -0.2) is 4.98 Å². The van der Waals surface area contributed by atoms with E-state index in [1.54, 1.807) is 6.33 Å². The molecule has 2 atom stereocenters. The highest BCUT2D eigenvalue weighted by Gasteiger charge is 2.26. The number of aromatic nitrogens is 2. The van der Waals surface area contributed by atoms with Crippen LogP contribution in [0.5, 0.6) is 0 Å². The Hall–Kier alpha value is -1.36. The second kappa shape index (κ2) is 6.19. The molecular formula is C14H24N4O. The third kappa shape index (κ3) is 3.35. The fourth-order valence-corrected chi connectivity index (χ4v) is 2.57. The van der Waals surface area contributed by atoms with Crippen molar-refractivity contribution in [2.24, 2.45) is 7.05 Å². The molecule has 1 aliphatic rings. The predicted molar refractivity (Wildman–Crippen MR) is 74.5 cm³/mol. The fourth-order valence-electron chi connectivity index (χ4n) is 2.57. The predicted octanol–water partition coefficient (Wildman–Crippen LogP) is 1.30. The lowest BCUT2D eigenvalue weighted by atomic mass is 10.0. The first-order valence-corrected chi connectivity index (χ1v) is 7.08. The summed E-state index contributed by atoms with van der Waals surface area (Å²) in [5.74, 6) is 0.217. The number of rotatable bonds is 4. The normalized spacial score (nSPS) is 21.4. The molecule has 1 aromatic heterocycles. The van der Waals surface area contributed by atoms with E-state index in [4.69, 9.17) is 0 Å². The number of nitrogens with one attached hydrogen (secondary N) is 1. The van der Waals surface area contributed by atoms with E-state index in [-0.39, 0.29) is 11.9 Å². The molecule has 106 valence electrons. The number of amides is 1. The van der Waals surface area contributed by atoms with Crippen LogP contribution in [-0.2, 0) is 18.4 Å². The van der Waals surface area contributed by atoms with Gasteiger partial charge < -0.3 is 14.8 Å². The summed E-state index contributed by atoms with van der Waals surface area (Å²) in [7, 11) is 1.96. The van der Waals surface area contributed by atoms with E-state index in [2.05, 4.69) is 17.2 Å². The van der Waals surface area contributed by atoms with Crippen LogP contribution in [0.1, 0.15) is 38.8 Å². The van der Waals surface area contributed by atoms with Gasteiger partial charge in [-0.1, -0.05) is 0 Å². The van der Waals surface area contributed by atoms with Crippen molar-refractivity contribution < 1.29 is 4.79 Å². The van der Waals surface area contributed by atoms with Gasteiger partial charge in [-0.3, -0.25) is 4.79 Å². The number of hydrogen-bond donors (Lipinski definition) is 1. The lowest BCUT2D eigenvalue weighted by Crippen LogP contribution is -2.50. The minimum absolute atomic E-state index is 0.143. The van der Waals surface area contributed by atoms with Crippen LogP contribution >= 0.6 is 0 Å². The number of imidazole rings is 1. The van der Waals surface area contributed by atoms with Gasteiger partial charge in [0, 0.05) is 32.4 Å². The second-order valence-corrected chi connectivity index (χ2v) is 5.47. The van der Waals surface area contributed by atoms with Gasteiger partial charge in [0.25, 0.3) is 0 Å². The molecule has 1 fully saturated rings. The number of aryl methyl sites for hydroxylation is 1. The van der Waals surface area contributed by atoms with Crippen LogP contribution in [0.4, 0.5) is 0 Å². The van der Waals surface area contributed by atoms with Gasteiger partial charge in [0.05, 0.1) is 18.1 Å². The summed E-state index contributed by atoms with van der Waals surface area (Å²) in [5.41, 5.74) is 1.09. The van der Waals surface area contributed by atoms with Crippen molar-refractivity contribution in [3.63, 3.8) is 0 Å². The van der Waals surface area contributed by atoms with Crippen LogP contribution in [0.3, 0.4) is 0 Å². The molecule has 1 aliphatic heterocycles. The number of piperidine rings is 1. The molecule has 2 heterocycles. The first-order chi connectivity index (χ1) is 9.09. The SMILES string of the molecule is C[C@@H]1CCCCN1C(=O)[C@@H](C)NCc1cncn1C. The Morgan fingerprint density at radius 1 is 1.58 bits per heavy atom. The maximum absolute atomic E-state index is 12.4. The topological polar surface area (TPSA) is 50.2 Å². The van der Waals surface area contributed by atoms with Crippen molar-refractivity contribution in [1.82, 2.24) is 19.8 Å². The second-order valence-electron chi connectivity index (χ2n) is 5.47. The van der Waals surface area contributed by atoms with Gasteiger partial charge in [0.1, 0.15) is 0 Å². The molecule has 0 aliphatic carbocycles. The van der Waals surface area contributed by atoms with E-state index in [0.717, 1.165) is 25.1 Å². The van der Waals surface area contributed by atoms with E-state index in [9.17, 15) is 4.79 Å². The smallest absolute Gasteiger partial charge is 0.239 e. The highest BCUT2D eigenvalue weighted by Crippen LogP contribution is 2.17. The first kappa shape index (κ1) is 14.1. The van der Waals surface area contributed by atoms with Crippen molar-refractivity contribution in [1.29, 1.82) is 0 Å². The molecule has 0 radical (unpaired) electrons. The highest BCUT2D eigenvalue weighted by molar-refractivity contribution is 5.81. The molecule has 0 aromatic carbocycles. The molecule has 1 saturated heterocycles. The fraction of sp³-hybridized carbons (Fsp3) is 0.714.